The minimum Gasteiger partial charge on any atom is -0.493 e. The highest BCUT2D eigenvalue weighted by Gasteiger charge is 2.38. The molecule has 1 saturated heterocycles. The maximum atomic E-state index is 10.6. The van der Waals surface area contributed by atoms with E-state index in [9.17, 15) is 13.2 Å². The average molecular weight is 543 g/mol. The van der Waals surface area contributed by atoms with E-state index in [4.69, 9.17) is 19.9 Å². The first-order valence-corrected chi connectivity index (χ1v) is 13.3. The number of piperidine rings is 1. The number of hydrogen-bond donors (Lipinski definition) is 1. The average Bonchev–Trinajstić information content (AvgIpc) is 2.93. The number of rotatable bonds is 7. The summed E-state index contributed by atoms with van der Waals surface area (Å²) in [6.07, 6.45) is -0.660. The number of alkyl halides is 3. The summed E-state index contributed by atoms with van der Waals surface area (Å²) in [5.41, 5.74) is 4.45. The van der Waals surface area contributed by atoms with Crippen LogP contribution in [0, 0.1) is 17.2 Å². The van der Waals surface area contributed by atoms with Crippen LogP contribution in [-0.2, 0) is 11.3 Å². The van der Waals surface area contributed by atoms with Gasteiger partial charge < -0.3 is 9.84 Å². The van der Waals surface area contributed by atoms with Crippen LogP contribution in [0.4, 0.5) is 13.2 Å². The molecule has 0 amide bonds. The molecule has 0 bridgehead atoms. The predicted molar refractivity (Wildman–Crippen MR) is 142 cm³/mol. The zero-order valence-corrected chi connectivity index (χ0v) is 21.8. The number of thioether (sulfide) groups is 1. The van der Waals surface area contributed by atoms with E-state index in [0.717, 1.165) is 50.4 Å². The van der Waals surface area contributed by atoms with Gasteiger partial charge in [-0.3, -0.25) is 4.90 Å². The van der Waals surface area contributed by atoms with Crippen LogP contribution in [0.25, 0.3) is 11.1 Å². The molecule has 4 rings (SSSR count). The van der Waals surface area contributed by atoms with E-state index in [0.29, 0.717) is 5.92 Å². The third-order valence-electron chi connectivity index (χ3n) is 6.20. The number of nitriles is 1. The Bertz CT molecular complexity index is 1200. The molecular formula is C29H29F3N2O3S. The Hall–Kier alpha value is -3.48. The van der Waals surface area contributed by atoms with Crippen molar-refractivity contribution in [2.75, 3.05) is 26.0 Å². The maximum absolute atomic E-state index is 10.6. The Labute approximate surface area is 224 Å². The van der Waals surface area contributed by atoms with Crippen LogP contribution >= 0.6 is 11.8 Å². The summed E-state index contributed by atoms with van der Waals surface area (Å²) in [5, 5.41) is 16.0. The lowest BCUT2D eigenvalue weighted by Gasteiger charge is -2.31. The van der Waals surface area contributed by atoms with Crippen LogP contribution in [0.2, 0.25) is 0 Å². The molecule has 1 heterocycles. The largest absolute Gasteiger partial charge is 0.493 e. The second-order valence-electron chi connectivity index (χ2n) is 8.90. The van der Waals surface area contributed by atoms with Crippen LogP contribution in [0.5, 0.6) is 5.75 Å². The third kappa shape index (κ3) is 9.12. The number of carboxylic acid groups (broad SMARTS) is 1. The van der Waals surface area contributed by atoms with E-state index in [1.807, 2.05) is 12.1 Å². The maximum Gasteiger partial charge on any atom is 0.490 e. The standard InChI is InChI=1S/C27H28N2OS.C2HF3O2/c1-31-27-12-8-25(9-13-27)24-6-10-26(11-7-24)30-20-23-14-16-29(17-15-23)19-22-4-2-21(18-28)3-5-22;3-2(4,5)1(6)7/h2-13,23H,14-17,19-20H2,1H3;(H,6,7). The summed E-state index contributed by atoms with van der Waals surface area (Å²) in [6.45, 7) is 3.93. The van der Waals surface area contributed by atoms with Crippen molar-refractivity contribution in [3.8, 4) is 22.9 Å². The highest BCUT2D eigenvalue weighted by Crippen LogP contribution is 2.26. The third-order valence-corrected chi connectivity index (χ3v) is 6.95. The Morgan fingerprint density at radius 1 is 1.00 bits per heavy atom. The highest BCUT2D eigenvalue weighted by molar-refractivity contribution is 7.98. The number of nitrogens with zero attached hydrogens (tertiary/aromatic N) is 2. The molecule has 0 saturated carbocycles. The number of benzene rings is 3. The van der Waals surface area contributed by atoms with Crippen molar-refractivity contribution in [1.29, 1.82) is 5.26 Å². The van der Waals surface area contributed by atoms with Gasteiger partial charge in [0.05, 0.1) is 18.2 Å². The molecule has 0 radical (unpaired) electrons. The van der Waals surface area contributed by atoms with Crippen LogP contribution < -0.4 is 4.74 Å². The van der Waals surface area contributed by atoms with Gasteiger partial charge in [0, 0.05) is 11.4 Å². The van der Waals surface area contributed by atoms with Gasteiger partial charge in [-0.15, -0.1) is 11.8 Å². The van der Waals surface area contributed by atoms with Crippen LogP contribution in [-0.4, -0.2) is 48.1 Å². The minimum absolute atomic E-state index is 0.607. The second kappa shape index (κ2) is 13.9. The van der Waals surface area contributed by atoms with Crippen LogP contribution in [0.3, 0.4) is 0 Å². The Kier molecular flexibility index (Phi) is 10.6. The summed E-state index contributed by atoms with van der Waals surface area (Å²) in [7, 11) is 0. The molecule has 0 spiro atoms. The van der Waals surface area contributed by atoms with Gasteiger partial charge in [-0.25, -0.2) is 4.79 Å². The van der Waals surface area contributed by atoms with E-state index in [1.165, 1.54) is 21.6 Å². The van der Waals surface area contributed by atoms with Gasteiger partial charge in [-0.2, -0.15) is 18.4 Å². The van der Waals surface area contributed by atoms with Gasteiger partial charge in [-0.1, -0.05) is 36.4 Å². The summed E-state index contributed by atoms with van der Waals surface area (Å²) >= 11 is 1.76. The molecule has 0 aromatic heterocycles. The van der Waals surface area contributed by atoms with Crippen molar-refractivity contribution in [1.82, 2.24) is 4.90 Å². The van der Waals surface area contributed by atoms with Crippen molar-refractivity contribution in [3.05, 3.63) is 83.9 Å². The molecule has 1 fully saturated rings. The van der Waals surface area contributed by atoms with Gasteiger partial charge in [0.15, 0.2) is 0 Å². The van der Waals surface area contributed by atoms with Crippen LogP contribution in [0.15, 0.2) is 77.7 Å². The van der Waals surface area contributed by atoms with E-state index < -0.39 is 12.1 Å². The van der Waals surface area contributed by atoms with Gasteiger partial charge in [0.25, 0.3) is 0 Å². The Balaban J connectivity index is 0.000000505. The quantitative estimate of drug-likeness (QED) is 0.329. The molecule has 9 heteroatoms. The number of aliphatic carboxylic acids is 1. The summed E-state index contributed by atoms with van der Waals surface area (Å²) < 4.78 is 37.8. The number of halogens is 3. The molecule has 3 aromatic carbocycles. The number of hydrogen-bond acceptors (Lipinski definition) is 5. The fraction of sp³-hybridized carbons (Fsp3) is 0.310. The summed E-state index contributed by atoms with van der Waals surface area (Å²) in [6, 6.07) is 27.2. The molecule has 1 aliphatic rings. The summed E-state index contributed by atoms with van der Waals surface area (Å²) in [5.74, 6) is -1.20. The highest BCUT2D eigenvalue weighted by atomic mass is 32.2. The van der Waals surface area contributed by atoms with Gasteiger partial charge in [-0.05, 0) is 91.2 Å². The minimum atomic E-state index is -5.08. The fourth-order valence-corrected chi connectivity index (χ4v) is 4.40. The Morgan fingerprint density at radius 2 is 1.53 bits per heavy atom. The van der Waals surface area contributed by atoms with Gasteiger partial charge >= 0.3 is 12.1 Å². The molecule has 1 aliphatic heterocycles. The first-order chi connectivity index (χ1) is 18.2. The molecular weight excluding hydrogens is 513 g/mol. The molecule has 0 aliphatic carbocycles. The molecule has 5 nitrogen and oxygen atoms in total. The van der Waals surface area contributed by atoms with E-state index in [1.54, 1.807) is 11.8 Å². The van der Waals surface area contributed by atoms with Crippen molar-refractivity contribution < 1.29 is 27.8 Å². The molecule has 3 aromatic rings. The predicted octanol–water partition coefficient (Wildman–Crippen LogP) is 6.87. The fourth-order valence-electron chi connectivity index (χ4n) is 4.00. The summed E-state index contributed by atoms with van der Waals surface area (Å²) in [4.78, 5) is 12.7. The van der Waals surface area contributed by atoms with Gasteiger partial charge in [0.1, 0.15) is 5.75 Å². The second-order valence-corrected chi connectivity index (χ2v) is 9.77. The molecule has 200 valence electrons. The number of ether oxygens (including phenoxy) is 1. The first kappa shape index (κ1) is 29.1. The van der Waals surface area contributed by atoms with Crippen molar-refractivity contribution in [2.45, 2.75) is 30.5 Å². The normalized spacial score (nSPS) is 14.2. The topological polar surface area (TPSA) is 73.6 Å². The van der Waals surface area contributed by atoms with E-state index >= 15 is 0 Å². The zero-order chi connectivity index (χ0) is 27.5. The van der Waals surface area contributed by atoms with Crippen molar-refractivity contribution >= 4 is 17.7 Å². The van der Waals surface area contributed by atoms with E-state index in [-0.39, 0.29) is 0 Å². The number of likely N-dealkylation sites (tertiary alicyclic amines) is 1. The smallest absolute Gasteiger partial charge is 0.490 e. The molecule has 0 unspecified atom stereocenters. The SMILES string of the molecule is CSc1ccc(-c2ccc(OCC3CCN(Cc4ccc(C#N)cc4)CC3)cc2)cc1.O=C(O)C(F)(F)F. The zero-order valence-electron chi connectivity index (χ0n) is 20.9. The first-order valence-electron chi connectivity index (χ1n) is 12.1. The van der Waals surface area contributed by atoms with Crippen molar-refractivity contribution in [2.24, 2.45) is 5.92 Å². The number of carboxylic acids is 1. The van der Waals surface area contributed by atoms with E-state index in [2.05, 4.69) is 77.9 Å². The van der Waals surface area contributed by atoms with Gasteiger partial charge in [0.2, 0.25) is 0 Å². The lowest BCUT2D eigenvalue weighted by atomic mass is 9.97. The molecule has 38 heavy (non-hydrogen) atoms. The Morgan fingerprint density at radius 3 is 2.00 bits per heavy atom. The lowest BCUT2D eigenvalue weighted by molar-refractivity contribution is -0.192. The number of carbonyl (C=O) groups is 1. The molecule has 1 N–H and O–H groups in total. The van der Waals surface area contributed by atoms with Crippen molar-refractivity contribution in [3.63, 3.8) is 0 Å². The van der Waals surface area contributed by atoms with Crippen LogP contribution in [0.1, 0.15) is 24.0 Å². The lowest BCUT2D eigenvalue weighted by Crippen LogP contribution is -2.35. The molecule has 0 atom stereocenters. The monoisotopic (exact) mass is 542 g/mol.